The summed E-state index contributed by atoms with van der Waals surface area (Å²) in [5.41, 5.74) is 5.32. The predicted octanol–water partition coefficient (Wildman–Crippen LogP) is 4.03. The number of amides is 1. The first kappa shape index (κ1) is 24.5. The maximum absolute atomic E-state index is 11.6. The number of rotatable bonds is 9. The fourth-order valence-corrected chi connectivity index (χ4v) is 4.41. The molecule has 0 saturated carbocycles. The number of methoxy groups -OCH3 is 1. The van der Waals surface area contributed by atoms with Gasteiger partial charge in [-0.15, -0.1) is 0 Å². The topological polar surface area (TPSA) is 87.0 Å². The number of anilines is 4. The number of nitrogens with one attached hydrogen (secondary N) is 2. The molecule has 0 aliphatic carbocycles. The molecule has 1 saturated heterocycles. The minimum atomic E-state index is -0.249. The van der Waals surface area contributed by atoms with E-state index in [0.29, 0.717) is 5.69 Å². The minimum absolute atomic E-state index is 0.249. The van der Waals surface area contributed by atoms with Crippen molar-refractivity contribution in [1.82, 2.24) is 19.3 Å². The summed E-state index contributed by atoms with van der Waals surface area (Å²) < 4.78 is 7.14. The second-order valence-electron chi connectivity index (χ2n) is 8.93. The van der Waals surface area contributed by atoms with Gasteiger partial charge in [-0.3, -0.25) is 9.69 Å². The van der Waals surface area contributed by atoms with Gasteiger partial charge in [-0.05, 0) is 42.5 Å². The average Bonchev–Trinajstić information content (AvgIpc) is 3.36. The number of carbonyl (C=O) groups excluding carboxylic acids is 1. The molecule has 1 fully saturated rings. The van der Waals surface area contributed by atoms with Gasteiger partial charge in [0.25, 0.3) is 0 Å². The van der Waals surface area contributed by atoms with Gasteiger partial charge in [-0.2, -0.15) is 0 Å². The number of piperazine rings is 1. The number of carbonyl (C=O) groups is 1. The summed E-state index contributed by atoms with van der Waals surface area (Å²) in [7, 11) is 1.75. The lowest BCUT2D eigenvalue weighted by molar-refractivity contribution is -0.111. The second-order valence-corrected chi connectivity index (χ2v) is 8.93. The Kier molecular flexibility index (Phi) is 7.43. The highest BCUT2D eigenvalue weighted by molar-refractivity contribution is 5.99. The van der Waals surface area contributed by atoms with E-state index in [2.05, 4.69) is 61.2 Å². The molecule has 1 amide bonds. The predicted molar refractivity (Wildman–Crippen MR) is 148 cm³/mol. The van der Waals surface area contributed by atoms with E-state index in [-0.39, 0.29) is 5.91 Å². The molecule has 5 rings (SSSR count). The van der Waals surface area contributed by atoms with E-state index in [1.807, 2.05) is 41.1 Å². The minimum Gasteiger partial charge on any atom is -0.383 e. The van der Waals surface area contributed by atoms with Crippen molar-refractivity contribution in [3.63, 3.8) is 0 Å². The summed E-state index contributed by atoms with van der Waals surface area (Å²) in [5.74, 6) is 0.476. The molecular formula is C28H31N7O2. The van der Waals surface area contributed by atoms with E-state index in [9.17, 15) is 4.79 Å². The van der Waals surface area contributed by atoms with Crippen LogP contribution in [0.5, 0.6) is 0 Å². The van der Waals surface area contributed by atoms with Gasteiger partial charge in [0.05, 0.1) is 24.7 Å². The second kappa shape index (κ2) is 11.2. The molecule has 0 atom stereocenters. The standard InChI is InChI=1S/C28H31N7O2/c1-3-28(36)31-23-6-4-5-21(17-23)25-19-35-20-26(29-18-27(35)32-25)30-22-7-9-24(10-8-22)34-13-11-33(12-14-34)15-16-37-2/h3-10,17-20,30H,1,11-16H2,2H3,(H,31,36). The molecule has 2 aromatic carbocycles. The van der Waals surface area contributed by atoms with E-state index in [4.69, 9.17) is 4.74 Å². The fourth-order valence-electron chi connectivity index (χ4n) is 4.41. The van der Waals surface area contributed by atoms with E-state index in [0.717, 1.165) is 67.7 Å². The molecule has 9 heteroatoms. The van der Waals surface area contributed by atoms with Crippen molar-refractivity contribution in [1.29, 1.82) is 0 Å². The van der Waals surface area contributed by atoms with Gasteiger partial charge in [0, 0.05) is 68.7 Å². The Morgan fingerprint density at radius 3 is 2.65 bits per heavy atom. The number of benzene rings is 2. The van der Waals surface area contributed by atoms with Crippen molar-refractivity contribution < 1.29 is 9.53 Å². The van der Waals surface area contributed by atoms with E-state index < -0.39 is 0 Å². The zero-order valence-electron chi connectivity index (χ0n) is 20.9. The lowest BCUT2D eigenvalue weighted by Gasteiger charge is -2.36. The molecule has 3 heterocycles. The van der Waals surface area contributed by atoms with Gasteiger partial charge in [0.2, 0.25) is 5.91 Å². The Morgan fingerprint density at radius 1 is 1.08 bits per heavy atom. The van der Waals surface area contributed by atoms with E-state index >= 15 is 0 Å². The highest BCUT2D eigenvalue weighted by Gasteiger charge is 2.17. The van der Waals surface area contributed by atoms with Crippen LogP contribution in [0.4, 0.5) is 22.9 Å². The van der Waals surface area contributed by atoms with Crippen LogP contribution in [-0.4, -0.2) is 71.6 Å². The number of hydrogen-bond acceptors (Lipinski definition) is 7. The van der Waals surface area contributed by atoms with Crippen LogP contribution in [0.3, 0.4) is 0 Å². The summed E-state index contributed by atoms with van der Waals surface area (Å²) >= 11 is 0. The third kappa shape index (κ3) is 5.96. The van der Waals surface area contributed by atoms with Crippen LogP contribution in [0, 0.1) is 0 Å². The molecule has 2 N–H and O–H groups in total. The molecule has 0 bridgehead atoms. The van der Waals surface area contributed by atoms with Crippen molar-refractivity contribution >= 4 is 34.4 Å². The monoisotopic (exact) mass is 497 g/mol. The van der Waals surface area contributed by atoms with Crippen LogP contribution < -0.4 is 15.5 Å². The molecule has 2 aromatic heterocycles. The van der Waals surface area contributed by atoms with Crippen molar-refractivity contribution in [3.8, 4) is 11.3 Å². The highest BCUT2D eigenvalue weighted by atomic mass is 16.5. The molecule has 1 aliphatic heterocycles. The third-order valence-electron chi connectivity index (χ3n) is 6.44. The molecule has 1 aliphatic rings. The van der Waals surface area contributed by atoms with Gasteiger partial charge in [-0.1, -0.05) is 18.7 Å². The molecule has 4 aromatic rings. The van der Waals surface area contributed by atoms with Crippen LogP contribution >= 0.6 is 0 Å². The van der Waals surface area contributed by atoms with Crippen molar-refractivity contribution in [2.24, 2.45) is 0 Å². The quantitative estimate of drug-likeness (QED) is 0.338. The summed E-state index contributed by atoms with van der Waals surface area (Å²) in [6.07, 6.45) is 6.86. The third-order valence-corrected chi connectivity index (χ3v) is 6.44. The Hall–Kier alpha value is -4.21. The molecular weight excluding hydrogens is 466 g/mol. The smallest absolute Gasteiger partial charge is 0.247 e. The number of fused-ring (bicyclic) bond motifs is 1. The fraction of sp³-hybridized carbons (Fsp3) is 0.250. The summed E-state index contributed by atoms with van der Waals surface area (Å²) in [4.78, 5) is 25.7. The Labute approximate surface area is 216 Å². The van der Waals surface area contributed by atoms with Crippen LogP contribution in [0.15, 0.2) is 79.8 Å². The van der Waals surface area contributed by atoms with Gasteiger partial charge in [0.15, 0.2) is 5.65 Å². The van der Waals surface area contributed by atoms with Crippen LogP contribution in [0.25, 0.3) is 16.9 Å². The molecule has 0 spiro atoms. The molecule has 37 heavy (non-hydrogen) atoms. The molecule has 0 unspecified atom stereocenters. The van der Waals surface area contributed by atoms with Crippen molar-refractivity contribution in [2.75, 3.05) is 62.0 Å². The maximum Gasteiger partial charge on any atom is 0.247 e. The Bertz CT molecular complexity index is 1380. The first-order valence-corrected chi connectivity index (χ1v) is 12.3. The van der Waals surface area contributed by atoms with Crippen LogP contribution in [0.1, 0.15) is 0 Å². The zero-order chi connectivity index (χ0) is 25.6. The Balaban J connectivity index is 1.24. The first-order chi connectivity index (χ1) is 18.1. The van der Waals surface area contributed by atoms with Gasteiger partial charge in [-0.25, -0.2) is 9.97 Å². The average molecular weight is 498 g/mol. The van der Waals surface area contributed by atoms with Crippen molar-refractivity contribution in [2.45, 2.75) is 0 Å². The lowest BCUT2D eigenvalue weighted by Crippen LogP contribution is -2.47. The number of nitrogens with zero attached hydrogens (tertiary/aromatic N) is 5. The number of imidazole rings is 1. The first-order valence-electron chi connectivity index (χ1n) is 12.3. The van der Waals surface area contributed by atoms with Gasteiger partial charge < -0.3 is 24.7 Å². The number of hydrogen-bond donors (Lipinski definition) is 2. The SMILES string of the molecule is C=CC(=O)Nc1cccc(-c2cn3cc(Nc4ccc(N5CCN(CCOC)CC5)cc4)ncc3n2)c1. The largest absolute Gasteiger partial charge is 0.383 e. The number of ether oxygens (including phenoxy) is 1. The summed E-state index contributed by atoms with van der Waals surface area (Å²) in [6.45, 7) is 9.39. The summed E-state index contributed by atoms with van der Waals surface area (Å²) in [6, 6.07) is 16.0. The zero-order valence-corrected chi connectivity index (χ0v) is 20.9. The van der Waals surface area contributed by atoms with Gasteiger partial charge >= 0.3 is 0 Å². The number of aromatic nitrogens is 3. The lowest BCUT2D eigenvalue weighted by atomic mass is 10.1. The maximum atomic E-state index is 11.6. The molecule has 190 valence electrons. The van der Waals surface area contributed by atoms with E-state index in [1.54, 1.807) is 13.3 Å². The summed E-state index contributed by atoms with van der Waals surface area (Å²) in [5, 5.41) is 6.17. The molecule has 9 nitrogen and oxygen atoms in total. The normalized spacial score (nSPS) is 14.0. The highest BCUT2D eigenvalue weighted by Crippen LogP contribution is 2.25. The van der Waals surface area contributed by atoms with Crippen LogP contribution in [0.2, 0.25) is 0 Å². The molecule has 0 radical (unpaired) electrons. The Morgan fingerprint density at radius 2 is 1.89 bits per heavy atom. The van der Waals surface area contributed by atoms with Gasteiger partial charge in [0.1, 0.15) is 5.82 Å². The van der Waals surface area contributed by atoms with Crippen molar-refractivity contribution in [3.05, 3.63) is 79.8 Å². The van der Waals surface area contributed by atoms with E-state index in [1.165, 1.54) is 11.8 Å². The van der Waals surface area contributed by atoms with Crippen LogP contribution in [-0.2, 0) is 9.53 Å².